The quantitative estimate of drug-likeness (QED) is 0.846. The van der Waals surface area contributed by atoms with Crippen LogP contribution < -0.4 is 0 Å². The van der Waals surface area contributed by atoms with Crippen molar-refractivity contribution >= 4 is 12.1 Å². The Bertz CT molecular complexity index is 473. The van der Waals surface area contributed by atoms with Crippen LogP contribution in [0.4, 0.5) is 9.18 Å². The molecular weight excluding hydrogens is 241 g/mol. The maximum absolute atomic E-state index is 12.8. The van der Waals surface area contributed by atoms with Gasteiger partial charge >= 0.3 is 12.1 Å². The van der Waals surface area contributed by atoms with E-state index in [1.807, 2.05) is 0 Å². The number of carboxylic acid groups (broad SMARTS) is 2. The Labute approximate surface area is 102 Å². The van der Waals surface area contributed by atoms with Crippen LogP contribution in [0, 0.1) is 5.82 Å². The van der Waals surface area contributed by atoms with Gasteiger partial charge in [-0.05, 0) is 30.5 Å². The molecule has 0 saturated carbocycles. The van der Waals surface area contributed by atoms with E-state index in [1.54, 1.807) is 0 Å². The minimum absolute atomic E-state index is 0.268. The summed E-state index contributed by atoms with van der Waals surface area (Å²) >= 11 is 0. The van der Waals surface area contributed by atoms with Gasteiger partial charge in [0.05, 0.1) is 6.04 Å². The van der Waals surface area contributed by atoms with Gasteiger partial charge in [0, 0.05) is 0 Å². The van der Waals surface area contributed by atoms with E-state index in [4.69, 9.17) is 10.2 Å². The molecule has 18 heavy (non-hydrogen) atoms. The number of carbonyl (C=O) groups is 2. The number of carboxylic acids is 1. The van der Waals surface area contributed by atoms with Crippen LogP contribution in [0.2, 0.25) is 0 Å². The summed E-state index contributed by atoms with van der Waals surface area (Å²) in [6.07, 6.45) is -0.576. The van der Waals surface area contributed by atoms with E-state index in [1.165, 1.54) is 24.3 Å². The molecule has 0 aliphatic carbocycles. The zero-order chi connectivity index (χ0) is 13.3. The normalized spacial score (nSPS) is 23.1. The molecule has 2 rings (SSSR count). The van der Waals surface area contributed by atoms with E-state index in [0.29, 0.717) is 12.0 Å². The Morgan fingerprint density at radius 3 is 2.28 bits per heavy atom. The number of aliphatic carboxylic acids is 1. The summed E-state index contributed by atoms with van der Waals surface area (Å²) < 4.78 is 12.8. The monoisotopic (exact) mass is 253 g/mol. The number of rotatable bonds is 2. The van der Waals surface area contributed by atoms with Crippen LogP contribution in [0.15, 0.2) is 24.3 Å². The van der Waals surface area contributed by atoms with Crippen molar-refractivity contribution in [1.29, 1.82) is 0 Å². The van der Waals surface area contributed by atoms with Crippen LogP contribution >= 0.6 is 0 Å². The fourth-order valence-corrected chi connectivity index (χ4v) is 2.33. The molecule has 1 aromatic carbocycles. The summed E-state index contributed by atoms with van der Waals surface area (Å²) in [7, 11) is 0. The van der Waals surface area contributed by atoms with Crippen LogP contribution in [0.1, 0.15) is 24.4 Å². The maximum Gasteiger partial charge on any atom is 0.408 e. The molecule has 1 saturated heterocycles. The van der Waals surface area contributed by atoms with E-state index < -0.39 is 30.0 Å². The largest absolute Gasteiger partial charge is 0.480 e. The van der Waals surface area contributed by atoms with Crippen LogP contribution in [0.25, 0.3) is 0 Å². The molecule has 1 amide bonds. The zero-order valence-corrected chi connectivity index (χ0v) is 9.41. The molecule has 6 heteroatoms. The van der Waals surface area contributed by atoms with Gasteiger partial charge in [-0.15, -0.1) is 0 Å². The summed E-state index contributed by atoms with van der Waals surface area (Å²) in [6.45, 7) is 0. The summed E-state index contributed by atoms with van der Waals surface area (Å²) in [4.78, 5) is 23.1. The first-order chi connectivity index (χ1) is 8.50. The van der Waals surface area contributed by atoms with Gasteiger partial charge in [0.1, 0.15) is 11.9 Å². The van der Waals surface area contributed by atoms with E-state index in [0.717, 1.165) is 4.90 Å². The first-order valence-electron chi connectivity index (χ1n) is 5.50. The zero-order valence-electron chi connectivity index (χ0n) is 9.41. The average molecular weight is 253 g/mol. The summed E-state index contributed by atoms with van der Waals surface area (Å²) in [5.74, 6) is -1.56. The second kappa shape index (κ2) is 4.64. The molecule has 1 fully saturated rings. The third-order valence-electron chi connectivity index (χ3n) is 3.15. The molecule has 2 N–H and O–H groups in total. The fraction of sp³-hybridized carbons (Fsp3) is 0.333. The van der Waals surface area contributed by atoms with Crippen LogP contribution in [0.5, 0.6) is 0 Å². The molecule has 5 nitrogen and oxygen atoms in total. The molecule has 0 radical (unpaired) electrons. The lowest BCUT2D eigenvalue weighted by Gasteiger charge is -2.25. The van der Waals surface area contributed by atoms with Crippen molar-refractivity contribution in [2.75, 3.05) is 0 Å². The molecule has 0 spiro atoms. The Balaban J connectivity index is 2.30. The van der Waals surface area contributed by atoms with Crippen molar-refractivity contribution in [3.05, 3.63) is 35.6 Å². The molecule has 1 heterocycles. The Kier molecular flexibility index (Phi) is 3.18. The molecule has 2 atom stereocenters. The molecule has 0 aromatic heterocycles. The third kappa shape index (κ3) is 2.13. The number of nitrogens with zero attached hydrogens (tertiary/aromatic N) is 1. The molecule has 1 aliphatic heterocycles. The predicted molar refractivity (Wildman–Crippen MR) is 59.7 cm³/mol. The van der Waals surface area contributed by atoms with Gasteiger partial charge in [0.15, 0.2) is 0 Å². The summed E-state index contributed by atoms with van der Waals surface area (Å²) in [5.41, 5.74) is 0.613. The smallest absolute Gasteiger partial charge is 0.408 e. The molecule has 0 unspecified atom stereocenters. The van der Waals surface area contributed by atoms with Gasteiger partial charge in [-0.25, -0.2) is 14.0 Å². The van der Waals surface area contributed by atoms with Crippen LogP contribution in [-0.2, 0) is 4.79 Å². The summed E-state index contributed by atoms with van der Waals surface area (Å²) in [6, 6.07) is 3.90. The first-order valence-corrected chi connectivity index (χ1v) is 5.50. The highest BCUT2D eigenvalue weighted by molar-refractivity contribution is 5.80. The van der Waals surface area contributed by atoms with Gasteiger partial charge in [-0.2, -0.15) is 0 Å². The molecule has 0 bridgehead atoms. The highest BCUT2D eigenvalue weighted by Crippen LogP contribution is 2.36. The Hall–Kier alpha value is -2.11. The number of hydrogen-bond donors (Lipinski definition) is 2. The lowest BCUT2D eigenvalue weighted by atomic mass is 10.0. The van der Waals surface area contributed by atoms with Gasteiger partial charge in [0.2, 0.25) is 0 Å². The molecular formula is C12H12FNO4. The number of benzene rings is 1. The van der Waals surface area contributed by atoms with E-state index in [2.05, 4.69) is 0 Å². The predicted octanol–water partition coefficient (Wildman–Crippen LogP) is 2.09. The van der Waals surface area contributed by atoms with Crippen LogP contribution in [0.3, 0.4) is 0 Å². The average Bonchev–Trinajstić information content (AvgIpc) is 2.74. The van der Waals surface area contributed by atoms with Gasteiger partial charge < -0.3 is 10.2 Å². The van der Waals surface area contributed by atoms with Crippen LogP contribution in [-0.4, -0.2) is 33.2 Å². The molecule has 96 valence electrons. The van der Waals surface area contributed by atoms with Crippen molar-refractivity contribution < 1.29 is 24.2 Å². The van der Waals surface area contributed by atoms with E-state index in [9.17, 15) is 14.0 Å². The SMILES string of the molecule is O=C(O)[C@H]1CC[C@@H](c2ccc(F)cc2)N1C(=O)O. The van der Waals surface area contributed by atoms with Crippen molar-refractivity contribution in [2.24, 2.45) is 0 Å². The lowest BCUT2D eigenvalue weighted by Crippen LogP contribution is -2.40. The Morgan fingerprint density at radius 2 is 1.78 bits per heavy atom. The minimum atomic E-state index is -1.27. The van der Waals surface area contributed by atoms with Crippen molar-refractivity contribution in [3.8, 4) is 0 Å². The van der Waals surface area contributed by atoms with Crippen molar-refractivity contribution in [3.63, 3.8) is 0 Å². The number of amides is 1. The highest BCUT2D eigenvalue weighted by Gasteiger charge is 2.41. The van der Waals surface area contributed by atoms with Crippen molar-refractivity contribution in [1.82, 2.24) is 4.90 Å². The molecule has 1 aromatic rings. The second-order valence-electron chi connectivity index (χ2n) is 4.19. The standard InChI is InChI=1S/C12H12FNO4/c13-8-3-1-7(2-4-8)9-5-6-10(11(15)16)14(9)12(17)18/h1-4,9-10H,5-6H2,(H,15,16)(H,17,18)/t9-,10+/m0/s1. The first kappa shape index (κ1) is 12.3. The minimum Gasteiger partial charge on any atom is -0.480 e. The fourth-order valence-electron chi connectivity index (χ4n) is 2.33. The van der Waals surface area contributed by atoms with E-state index in [-0.39, 0.29) is 6.42 Å². The number of likely N-dealkylation sites (tertiary alicyclic amines) is 1. The highest BCUT2D eigenvalue weighted by atomic mass is 19.1. The topological polar surface area (TPSA) is 77.8 Å². The number of hydrogen-bond acceptors (Lipinski definition) is 2. The van der Waals surface area contributed by atoms with Gasteiger partial charge in [-0.3, -0.25) is 4.90 Å². The lowest BCUT2D eigenvalue weighted by molar-refractivity contribution is -0.142. The second-order valence-corrected chi connectivity index (χ2v) is 4.19. The molecule has 1 aliphatic rings. The van der Waals surface area contributed by atoms with Gasteiger partial charge in [0.25, 0.3) is 0 Å². The van der Waals surface area contributed by atoms with Gasteiger partial charge in [-0.1, -0.05) is 12.1 Å². The maximum atomic E-state index is 12.8. The van der Waals surface area contributed by atoms with Crippen molar-refractivity contribution in [2.45, 2.75) is 24.9 Å². The third-order valence-corrected chi connectivity index (χ3v) is 3.15. The Morgan fingerprint density at radius 1 is 1.17 bits per heavy atom. The summed E-state index contributed by atoms with van der Waals surface area (Å²) in [5, 5.41) is 18.1. The van der Waals surface area contributed by atoms with E-state index >= 15 is 0 Å². The number of halogens is 1.